The number of nitro groups is 1. The minimum atomic E-state index is -0.413. The molecule has 1 amide bonds. The van der Waals surface area contributed by atoms with Crippen LogP contribution in [0.4, 0.5) is 5.69 Å². The number of carbonyl (C=O) groups is 1. The van der Waals surface area contributed by atoms with Crippen LogP contribution in [0.25, 0.3) is 0 Å². The van der Waals surface area contributed by atoms with Crippen LogP contribution in [0.2, 0.25) is 0 Å². The molecule has 1 saturated heterocycles. The van der Waals surface area contributed by atoms with Gasteiger partial charge in [-0.25, -0.2) is 4.99 Å². The van der Waals surface area contributed by atoms with E-state index in [1.807, 2.05) is 6.92 Å². The van der Waals surface area contributed by atoms with E-state index in [9.17, 15) is 14.9 Å². The predicted molar refractivity (Wildman–Crippen MR) is 96.0 cm³/mol. The summed E-state index contributed by atoms with van der Waals surface area (Å²) in [5, 5.41) is 14.0. The average molecular weight is 347 g/mol. The zero-order chi connectivity index (χ0) is 18.2. The second kappa shape index (κ2) is 9.00. The molecule has 0 spiro atoms. The number of aliphatic imine (C=N–C) groups is 1. The molecule has 1 heterocycles. The highest BCUT2D eigenvalue weighted by molar-refractivity contribution is 5.80. The molecule has 0 bridgehead atoms. The normalized spacial score (nSPS) is 18.0. The zero-order valence-electron chi connectivity index (χ0n) is 14.5. The number of carbonyl (C=O) groups excluding carboxylic acids is 1. The van der Waals surface area contributed by atoms with E-state index in [2.05, 4.69) is 15.2 Å². The molecular formula is C17H25N5O3. The number of likely N-dealkylation sites (tertiary alicyclic amines) is 1. The van der Waals surface area contributed by atoms with E-state index < -0.39 is 4.92 Å². The lowest BCUT2D eigenvalue weighted by molar-refractivity contribution is -0.384. The summed E-state index contributed by atoms with van der Waals surface area (Å²) in [6.07, 6.45) is 2.40. The highest BCUT2D eigenvalue weighted by Gasteiger charge is 2.23. The van der Waals surface area contributed by atoms with Crippen LogP contribution in [-0.4, -0.2) is 41.3 Å². The first-order valence-corrected chi connectivity index (χ1v) is 8.54. The SMILES string of the molecule is CCNC(=NCc1ccc([N+](=O)[O-])cc1)N1CCCC(CC(N)=O)C1. The van der Waals surface area contributed by atoms with Crippen LogP contribution in [0.5, 0.6) is 0 Å². The topological polar surface area (TPSA) is 114 Å². The number of nitro benzene ring substituents is 1. The molecule has 0 saturated carbocycles. The van der Waals surface area contributed by atoms with Crippen LogP contribution >= 0.6 is 0 Å². The molecular weight excluding hydrogens is 322 g/mol. The number of amides is 1. The van der Waals surface area contributed by atoms with E-state index in [0.717, 1.165) is 44.0 Å². The third-order valence-corrected chi connectivity index (χ3v) is 4.20. The van der Waals surface area contributed by atoms with E-state index in [1.54, 1.807) is 12.1 Å². The van der Waals surface area contributed by atoms with Crippen LogP contribution in [0.3, 0.4) is 0 Å². The Bertz CT molecular complexity index is 630. The molecule has 136 valence electrons. The summed E-state index contributed by atoms with van der Waals surface area (Å²) >= 11 is 0. The molecule has 8 heteroatoms. The Balaban J connectivity index is 2.04. The van der Waals surface area contributed by atoms with Crippen molar-refractivity contribution in [3.8, 4) is 0 Å². The monoisotopic (exact) mass is 347 g/mol. The molecule has 3 N–H and O–H groups in total. The van der Waals surface area contributed by atoms with Crippen molar-refractivity contribution in [1.29, 1.82) is 0 Å². The lowest BCUT2D eigenvalue weighted by Gasteiger charge is -2.34. The lowest BCUT2D eigenvalue weighted by Crippen LogP contribution is -2.47. The number of hydrogen-bond acceptors (Lipinski definition) is 4. The summed E-state index contributed by atoms with van der Waals surface area (Å²) in [4.78, 5) is 28.3. The van der Waals surface area contributed by atoms with Gasteiger partial charge in [-0.2, -0.15) is 0 Å². The Morgan fingerprint density at radius 1 is 1.44 bits per heavy atom. The Morgan fingerprint density at radius 3 is 2.76 bits per heavy atom. The van der Waals surface area contributed by atoms with Gasteiger partial charge in [0.25, 0.3) is 5.69 Å². The van der Waals surface area contributed by atoms with Crippen molar-refractivity contribution in [2.75, 3.05) is 19.6 Å². The number of non-ortho nitro benzene ring substituents is 1. The molecule has 25 heavy (non-hydrogen) atoms. The molecule has 1 aromatic carbocycles. The molecule has 1 aliphatic rings. The van der Waals surface area contributed by atoms with Gasteiger partial charge in [0.1, 0.15) is 0 Å². The number of rotatable bonds is 6. The van der Waals surface area contributed by atoms with Gasteiger partial charge in [-0.3, -0.25) is 14.9 Å². The van der Waals surface area contributed by atoms with Crippen LogP contribution in [0.1, 0.15) is 31.7 Å². The van der Waals surface area contributed by atoms with Crippen molar-refractivity contribution >= 4 is 17.6 Å². The number of nitrogens with one attached hydrogen (secondary N) is 1. The minimum Gasteiger partial charge on any atom is -0.370 e. The molecule has 1 atom stereocenters. The predicted octanol–water partition coefficient (Wildman–Crippen LogP) is 1.65. The highest BCUT2D eigenvalue weighted by Crippen LogP contribution is 2.20. The van der Waals surface area contributed by atoms with Gasteiger partial charge >= 0.3 is 0 Å². The Kier molecular flexibility index (Phi) is 6.73. The van der Waals surface area contributed by atoms with E-state index in [0.29, 0.717) is 13.0 Å². The summed E-state index contributed by atoms with van der Waals surface area (Å²) in [5.74, 6) is 0.796. The third-order valence-electron chi connectivity index (χ3n) is 4.20. The number of nitrogens with zero attached hydrogens (tertiary/aromatic N) is 3. The van der Waals surface area contributed by atoms with E-state index in [-0.39, 0.29) is 17.5 Å². The van der Waals surface area contributed by atoms with Gasteiger partial charge < -0.3 is 16.0 Å². The number of primary amides is 1. The molecule has 1 aromatic rings. The fourth-order valence-corrected chi connectivity index (χ4v) is 3.02. The Hall–Kier alpha value is -2.64. The summed E-state index contributed by atoms with van der Waals surface area (Å²) in [6, 6.07) is 6.41. The highest BCUT2D eigenvalue weighted by atomic mass is 16.6. The van der Waals surface area contributed by atoms with Gasteiger partial charge in [0.05, 0.1) is 11.5 Å². The summed E-state index contributed by atoms with van der Waals surface area (Å²) in [6.45, 7) is 4.84. The number of benzene rings is 1. The Labute approximate surface area is 147 Å². The van der Waals surface area contributed by atoms with Crippen molar-refractivity contribution in [2.24, 2.45) is 16.6 Å². The third kappa shape index (κ3) is 5.74. The molecule has 2 rings (SSSR count). The molecule has 0 radical (unpaired) electrons. The Morgan fingerprint density at radius 2 is 2.16 bits per heavy atom. The molecule has 1 fully saturated rings. The van der Waals surface area contributed by atoms with Crippen LogP contribution in [0.15, 0.2) is 29.3 Å². The van der Waals surface area contributed by atoms with Crippen molar-refractivity contribution in [3.05, 3.63) is 39.9 Å². The van der Waals surface area contributed by atoms with Crippen molar-refractivity contribution in [3.63, 3.8) is 0 Å². The lowest BCUT2D eigenvalue weighted by atomic mass is 9.95. The fourth-order valence-electron chi connectivity index (χ4n) is 3.02. The smallest absolute Gasteiger partial charge is 0.269 e. The average Bonchev–Trinajstić information content (AvgIpc) is 2.58. The zero-order valence-corrected chi connectivity index (χ0v) is 14.5. The maximum atomic E-state index is 11.2. The quantitative estimate of drug-likeness (QED) is 0.351. The number of nitrogens with two attached hydrogens (primary N) is 1. The standard InChI is InChI=1S/C17H25N5O3/c1-2-19-17(21-9-3-4-14(12-21)10-16(18)23)20-11-13-5-7-15(8-6-13)22(24)25/h5-8,14H,2-4,9-12H2,1H3,(H2,18,23)(H,19,20). The van der Waals surface area contributed by atoms with E-state index in [4.69, 9.17) is 5.73 Å². The van der Waals surface area contributed by atoms with Gasteiger partial charge in [0.15, 0.2) is 5.96 Å². The molecule has 8 nitrogen and oxygen atoms in total. The van der Waals surface area contributed by atoms with Gasteiger partial charge in [-0.05, 0) is 31.2 Å². The summed E-state index contributed by atoms with van der Waals surface area (Å²) < 4.78 is 0. The van der Waals surface area contributed by atoms with Gasteiger partial charge in [-0.15, -0.1) is 0 Å². The second-order valence-electron chi connectivity index (χ2n) is 6.22. The largest absolute Gasteiger partial charge is 0.370 e. The number of guanidine groups is 1. The first-order chi connectivity index (χ1) is 12.0. The van der Waals surface area contributed by atoms with Crippen molar-refractivity contribution in [1.82, 2.24) is 10.2 Å². The van der Waals surface area contributed by atoms with Crippen LogP contribution in [-0.2, 0) is 11.3 Å². The van der Waals surface area contributed by atoms with Gasteiger partial charge in [0.2, 0.25) is 5.91 Å². The summed E-state index contributed by atoms with van der Waals surface area (Å²) in [7, 11) is 0. The number of hydrogen-bond donors (Lipinski definition) is 2. The van der Waals surface area contributed by atoms with Crippen molar-refractivity contribution < 1.29 is 9.72 Å². The molecule has 0 aliphatic carbocycles. The minimum absolute atomic E-state index is 0.0740. The van der Waals surface area contributed by atoms with Crippen molar-refractivity contribution in [2.45, 2.75) is 32.7 Å². The maximum absolute atomic E-state index is 11.2. The fraction of sp³-hybridized carbons (Fsp3) is 0.529. The van der Waals surface area contributed by atoms with Gasteiger partial charge in [-0.1, -0.05) is 12.1 Å². The first-order valence-electron chi connectivity index (χ1n) is 8.54. The van der Waals surface area contributed by atoms with Gasteiger partial charge in [0, 0.05) is 38.2 Å². The first kappa shape index (κ1) is 18.7. The van der Waals surface area contributed by atoms with E-state index in [1.165, 1.54) is 12.1 Å². The van der Waals surface area contributed by atoms with E-state index >= 15 is 0 Å². The summed E-state index contributed by atoms with van der Waals surface area (Å²) in [5.41, 5.74) is 6.30. The number of piperidine rings is 1. The second-order valence-corrected chi connectivity index (χ2v) is 6.22. The maximum Gasteiger partial charge on any atom is 0.269 e. The molecule has 1 unspecified atom stereocenters. The molecule has 1 aliphatic heterocycles. The van der Waals surface area contributed by atoms with Crippen LogP contribution < -0.4 is 11.1 Å². The van der Waals surface area contributed by atoms with Crippen LogP contribution in [0, 0.1) is 16.0 Å². The molecule has 0 aromatic heterocycles.